The Hall–Kier alpha value is -4.77. The van der Waals surface area contributed by atoms with Crippen LogP contribution in [0.25, 0.3) is 12.2 Å². The number of hydrogen-bond acceptors (Lipinski definition) is 5. The second kappa shape index (κ2) is 20.3. The van der Waals surface area contributed by atoms with E-state index >= 15 is 0 Å². The van der Waals surface area contributed by atoms with Gasteiger partial charge in [-0.2, -0.15) is 0 Å². The van der Waals surface area contributed by atoms with Crippen LogP contribution >= 0.6 is 0 Å². The molecule has 4 aromatic rings. The van der Waals surface area contributed by atoms with E-state index < -0.39 is 0 Å². The number of allylic oxidation sites excluding steroid dienone is 1. The van der Waals surface area contributed by atoms with Crippen LogP contribution in [0.1, 0.15) is 72.9 Å². The summed E-state index contributed by atoms with van der Waals surface area (Å²) in [7, 11) is 0. The molecule has 0 amide bonds. The molecule has 0 N–H and O–H groups in total. The van der Waals surface area contributed by atoms with Gasteiger partial charge < -0.3 is 18.9 Å². The fraction of sp³-hybridized carbons (Fsp3) is 0.293. The fourth-order valence-electron chi connectivity index (χ4n) is 4.84. The van der Waals surface area contributed by atoms with Crippen molar-refractivity contribution < 1.29 is 23.7 Å². The van der Waals surface area contributed by atoms with Crippen molar-refractivity contribution in [2.75, 3.05) is 26.4 Å². The summed E-state index contributed by atoms with van der Waals surface area (Å²) in [6.45, 7) is 6.16. The molecular formula is C41H46O5. The third-order valence-corrected chi connectivity index (χ3v) is 7.50. The summed E-state index contributed by atoms with van der Waals surface area (Å²) in [5.74, 6) is 3.32. The number of carbonyl (C=O) groups is 1. The van der Waals surface area contributed by atoms with Crippen LogP contribution in [0, 0.1) is 0 Å². The number of unbranched alkanes of at least 4 members (excludes halogenated alkanes) is 7. The van der Waals surface area contributed by atoms with Gasteiger partial charge in [0, 0.05) is 5.56 Å². The standard InChI is InChI=1S/C41H46O5/c1-2-34-16-21-37(22-17-34)43-30-12-7-5-3-4-6-8-13-31-44-39-25-27-40(28-26-39)46-33-32-45-38-23-18-35(19-24-38)20-29-41(42)36-14-10-9-11-15-36/h2,9-11,14-29H,1,3-8,12-13,30-33H2/b29-20+. The van der Waals surface area contributed by atoms with Gasteiger partial charge in [-0.05, 0) is 78.6 Å². The summed E-state index contributed by atoms with van der Waals surface area (Å²) in [4.78, 5) is 12.2. The van der Waals surface area contributed by atoms with Gasteiger partial charge in [-0.1, -0.05) is 112 Å². The highest BCUT2D eigenvalue weighted by Crippen LogP contribution is 2.19. The van der Waals surface area contributed by atoms with Crippen molar-refractivity contribution in [3.8, 4) is 23.0 Å². The summed E-state index contributed by atoms with van der Waals surface area (Å²) in [5, 5.41) is 0. The second-order valence-electron chi connectivity index (χ2n) is 11.1. The first-order valence-electron chi connectivity index (χ1n) is 16.4. The van der Waals surface area contributed by atoms with Crippen molar-refractivity contribution in [3.63, 3.8) is 0 Å². The lowest BCUT2D eigenvalue weighted by Crippen LogP contribution is -2.08. The molecule has 0 unspecified atom stereocenters. The van der Waals surface area contributed by atoms with E-state index in [0.29, 0.717) is 18.8 Å². The Morgan fingerprint density at radius 3 is 1.33 bits per heavy atom. The molecule has 0 aromatic heterocycles. The molecule has 0 saturated carbocycles. The van der Waals surface area contributed by atoms with Crippen molar-refractivity contribution in [3.05, 3.63) is 132 Å². The van der Waals surface area contributed by atoms with E-state index in [2.05, 4.69) is 6.58 Å². The first-order chi connectivity index (χ1) is 22.7. The Morgan fingerprint density at radius 2 is 0.870 bits per heavy atom. The van der Waals surface area contributed by atoms with Crippen LogP contribution < -0.4 is 18.9 Å². The van der Waals surface area contributed by atoms with Gasteiger partial charge in [-0.15, -0.1) is 0 Å². The molecule has 5 nitrogen and oxygen atoms in total. The van der Waals surface area contributed by atoms with Crippen LogP contribution in [-0.4, -0.2) is 32.2 Å². The van der Waals surface area contributed by atoms with Crippen LogP contribution in [0.5, 0.6) is 23.0 Å². The van der Waals surface area contributed by atoms with E-state index in [9.17, 15) is 4.79 Å². The first kappa shape index (κ1) is 34.1. The van der Waals surface area contributed by atoms with Gasteiger partial charge >= 0.3 is 0 Å². The van der Waals surface area contributed by atoms with Gasteiger partial charge in [0.25, 0.3) is 0 Å². The van der Waals surface area contributed by atoms with Crippen molar-refractivity contribution >= 4 is 17.9 Å². The zero-order valence-electron chi connectivity index (χ0n) is 26.8. The van der Waals surface area contributed by atoms with E-state index in [0.717, 1.165) is 60.2 Å². The molecule has 0 aliphatic heterocycles. The predicted molar refractivity (Wildman–Crippen MR) is 188 cm³/mol. The van der Waals surface area contributed by atoms with Crippen LogP contribution in [0.4, 0.5) is 0 Å². The molecule has 0 aliphatic rings. The van der Waals surface area contributed by atoms with Crippen LogP contribution in [-0.2, 0) is 0 Å². The molecule has 4 aromatic carbocycles. The maximum atomic E-state index is 12.2. The second-order valence-corrected chi connectivity index (χ2v) is 11.1. The molecule has 0 spiro atoms. The lowest BCUT2D eigenvalue weighted by Gasteiger charge is -2.10. The van der Waals surface area contributed by atoms with Gasteiger partial charge in [-0.3, -0.25) is 4.79 Å². The van der Waals surface area contributed by atoms with Crippen molar-refractivity contribution in [2.45, 2.75) is 51.4 Å². The summed E-state index contributed by atoms with van der Waals surface area (Å²) in [6.07, 6.45) is 14.9. The van der Waals surface area contributed by atoms with Gasteiger partial charge in [0.15, 0.2) is 5.78 Å². The van der Waals surface area contributed by atoms with E-state index in [-0.39, 0.29) is 5.78 Å². The fourth-order valence-corrected chi connectivity index (χ4v) is 4.84. The van der Waals surface area contributed by atoms with E-state index in [4.69, 9.17) is 18.9 Å². The highest BCUT2D eigenvalue weighted by molar-refractivity contribution is 6.06. The van der Waals surface area contributed by atoms with Gasteiger partial charge in [0.1, 0.15) is 36.2 Å². The minimum atomic E-state index is -0.0177. The molecule has 4 rings (SSSR count). The lowest BCUT2D eigenvalue weighted by molar-refractivity contribution is 0.104. The summed E-state index contributed by atoms with van der Waals surface area (Å²) in [5.41, 5.74) is 2.73. The zero-order valence-corrected chi connectivity index (χ0v) is 26.8. The van der Waals surface area contributed by atoms with Gasteiger partial charge in [0.05, 0.1) is 13.2 Å². The Balaban J connectivity index is 0.969. The monoisotopic (exact) mass is 618 g/mol. The lowest BCUT2D eigenvalue weighted by atomic mass is 10.1. The third-order valence-electron chi connectivity index (χ3n) is 7.50. The molecule has 0 saturated heterocycles. The topological polar surface area (TPSA) is 54.0 Å². The van der Waals surface area contributed by atoms with E-state index in [1.54, 1.807) is 6.08 Å². The van der Waals surface area contributed by atoms with E-state index in [1.165, 1.54) is 38.5 Å². The third kappa shape index (κ3) is 13.1. The minimum Gasteiger partial charge on any atom is -0.494 e. The number of ether oxygens (including phenoxy) is 4. The number of hydrogen-bond donors (Lipinski definition) is 0. The number of benzene rings is 4. The molecule has 240 valence electrons. The number of ketones is 1. The summed E-state index contributed by atoms with van der Waals surface area (Å²) >= 11 is 0. The van der Waals surface area contributed by atoms with Crippen molar-refractivity contribution in [1.29, 1.82) is 0 Å². The molecule has 0 radical (unpaired) electrons. The molecule has 5 heteroatoms. The molecule has 0 aliphatic carbocycles. The number of carbonyl (C=O) groups excluding carboxylic acids is 1. The van der Waals surface area contributed by atoms with Crippen molar-refractivity contribution in [1.82, 2.24) is 0 Å². The molecule has 0 atom stereocenters. The Bertz CT molecular complexity index is 1440. The first-order valence-corrected chi connectivity index (χ1v) is 16.4. The molecular weight excluding hydrogens is 572 g/mol. The molecule has 0 heterocycles. The average molecular weight is 619 g/mol. The highest BCUT2D eigenvalue weighted by Gasteiger charge is 2.02. The number of rotatable bonds is 22. The van der Waals surface area contributed by atoms with Gasteiger partial charge in [-0.25, -0.2) is 0 Å². The van der Waals surface area contributed by atoms with Crippen molar-refractivity contribution in [2.24, 2.45) is 0 Å². The summed E-state index contributed by atoms with van der Waals surface area (Å²) < 4.78 is 23.3. The SMILES string of the molecule is C=Cc1ccc(OCCCCCCCCCCOc2ccc(OCCOc3ccc(/C=C/C(=O)c4ccccc4)cc3)cc2)cc1. The van der Waals surface area contributed by atoms with Gasteiger partial charge in [0.2, 0.25) is 0 Å². The largest absolute Gasteiger partial charge is 0.494 e. The maximum absolute atomic E-state index is 12.2. The molecule has 0 fully saturated rings. The Morgan fingerprint density at radius 1 is 0.478 bits per heavy atom. The quantitative estimate of drug-likeness (QED) is 0.0498. The Kier molecular flexibility index (Phi) is 15.1. The predicted octanol–water partition coefficient (Wildman–Crippen LogP) is 10.3. The van der Waals surface area contributed by atoms with Crippen LogP contribution in [0.15, 0.2) is 116 Å². The van der Waals surface area contributed by atoms with Crippen LogP contribution in [0.2, 0.25) is 0 Å². The smallest absolute Gasteiger partial charge is 0.185 e. The Labute approximate surface area is 274 Å². The normalized spacial score (nSPS) is 10.9. The zero-order chi connectivity index (χ0) is 32.1. The molecule has 0 bridgehead atoms. The highest BCUT2D eigenvalue weighted by atomic mass is 16.5. The minimum absolute atomic E-state index is 0.0177. The van der Waals surface area contributed by atoms with E-state index in [1.807, 2.05) is 115 Å². The average Bonchev–Trinajstić information content (AvgIpc) is 3.11. The molecule has 46 heavy (non-hydrogen) atoms. The maximum Gasteiger partial charge on any atom is 0.185 e. The van der Waals surface area contributed by atoms with Crippen LogP contribution in [0.3, 0.4) is 0 Å². The summed E-state index contributed by atoms with van der Waals surface area (Å²) in [6, 6.07) is 32.7.